The minimum Gasteiger partial charge on any atom is -0.481 e. The van der Waals surface area contributed by atoms with E-state index >= 15 is 0 Å². The minimum atomic E-state index is -1.03. The number of rotatable bonds is 6. The second-order valence-corrected chi connectivity index (χ2v) is 3.12. The Morgan fingerprint density at radius 3 is 2.93 bits per heavy atom. The number of hydrogen-bond acceptors (Lipinski definition) is 6. The first-order valence-electron chi connectivity index (χ1n) is 4.47. The van der Waals surface area contributed by atoms with Crippen LogP contribution in [0.2, 0.25) is 0 Å². The molecule has 0 fully saturated rings. The Labute approximate surface area is 86.1 Å². The van der Waals surface area contributed by atoms with E-state index in [0.717, 1.165) is 0 Å². The van der Waals surface area contributed by atoms with Crippen LogP contribution in [0.15, 0.2) is 4.52 Å². The zero-order valence-corrected chi connectivity index (χ0v) is 8.30. The molecule has 0 bridgehead atoms. The van der Waals surface area contributed by atoms with E-state index < -0.39 is 12.1 Å². The zero-order chi connectivity index (χ0) is 11.3. The third-order valence-corrected chi connectivity index (χ3v) is 1.64. The number of carboxylic acids is 1. The molecule has 0 spiro atoms. The lowest BCUT2D eigenvalue weighted by Crippen LogP contribution is -2.28. The summed E-state index contributed by atoms with van der Waals surface area (Å²) in [6.07, 6.45) is -1.19. The molecule has 0 radical (unpaired) electrons. The second-order valence-electron chi connectivity index (χ2n) is 3.12. The van der Waals surface area contributed by atoms with Crippen molar-refractivity contribution in [1.29, 1.82) is 0 Å². The van der Waals surface area contributed by atoms with Gasteiger partial charge in [0.15, 0.2) is 5.82 Å². The lowest BCUT2D eigenvalue weighted by atomic mass is 10.2. The van der Waals surface area contributed by atoms with Crippen LogP contribution < -0.4 is 5.32 Å². The highest BCUT2D eigenvalue weighted by atomic mass is 16.5. The van der Waals surface area contributed by atoms with Crippen molar-refractivity contribution in [3.63, 3.8) is 0 Å². The Morgan fingerprint density at radius 2 is 2.40 bits per heavy atom. The van der Waals surface area contributed by atoms with E-state index in [-0.39, 0.29) is 13.0 Å². The Bertz CT molecular complexity index is 325. The first-order valence-corrected chi connectivity index (χ1v) is 4.47. The summed E-state index contributed by atoms with van der Waals surface area (Å²) in [7, 11) is 0. The molecule has 1 aromatic heterocycles. The number of hydrogen-bond donors (Lipinski definition) is 3. The number of carbonyl (C=O) groups is 1. The van der Waals surface area contributed by atoms with E-state index in [4.69, 9.17) is 9.63 Å². The molecular weight excluding hydrogens is 202 g/mol. The van der Waals surface area contributed by atoms with E-state index in [9.17, 15) is 9.90 Å². The molecule has 84 valence electrons. The topological polar surface area (TPSA) is 108 Å². The van der Waals surface area contributed by atoms with E-state index in [0.29, 0.717) is 18.3 Å². The van der Waals surface area contributed by atoms with Crippen LogP contribution in [-0.2, 0) is 11.3 Å². The minimum absolute atomic E-state index is 0.174. The van der Waals surface area contributed by atoms with Crippen molar-refractivity contribution < 1.29 is 19.5 Å². The number of aliphatic carboxylic acids is 1. The predicted octanol–water partition coefficient (Wildman–Crippen LogP) is -0.697. The summed E-state index contributed by atoms with van der Waals surface area (Å²) in [5.74, 6) is -0.0779. The number of aryl methyl sites for hydroxylation is 1. The fourth-order valence-electron chi connectivity index (χ4n) is 1.03. The molecule has 0 aliphatic carbocycles. The Hall–Kier alpha value is -1.47. The van der Waals surface area contributed by atoms with Gasteiger partial charge in [-0.2, -0.15) is 4.98 Å². The zero-order valence-electron chi connectivity index (χ0n) is 8.30. The van der Waals surface area contributed by atoms with Gasteiger partial charge in [-0.15, -0.1) is 0 Å². The average molecular weight is 215 g/mol. The lowest BCUT2D eigenvalue weighted by Gasteiger charge is -2.07. The Morgan fingerprint density at radius 1 is 1.67 bits per heavy atom. The van der Waals surface area contributed by atoms with E-state index in [1.165, 1.54) is 0 Å². The number of aromatic nitrogens is 2. The highest BCUT2D eigenvalue weighted by molar-refractivity contribution is 5.67. The van der Waals surface area contributed by atoms with Gasteiger partial charge in [-0.1, -0.05) is 5.16 Å². The second kappa shape index (κ2) is 5.42. The molecule has 0 saturated heterocycles. The van der Waals surface area contributed by atoms with Crippen molar-refractivity contribution in [1.82, 2.24) is 15.5 Å². The van der Waals surface area contributed by atoms with Gasteiger partial charge in [-0.3, -0.25) is 4.79 Å². The number of nitrogens with zero attached hydrogens (tertiary/aromatic N) is 2. The van der Waals surface area contributed by atoms with Crippen LogP contribution in [0.4, 0.5) is 0 Å². The first kappa shape index (κ1) is 11.6. The van der Waals surface area contributed by atoms with Crippen LogP contribution in [0, 0.1) is 6.92 Å². The molecule has 1 unspecified atom stereocenters. The van der Waals surface area contributed by atoms with Gasteiger partial charge in [0.25, 0.3) is 0 Å². The SMILES string of the molecule is Cc1noc(CNCC(O)CC(=O)O)n1. The molecular formula is C8H13N3O4. The van der Waals surface area contributed by atoms with Crippen LogP contribution in [0.1, 0.15) is 18.1 Å². The van der Waals surface area contributed by atoms with Crippen molar-refractivity contribution in [3.05, 3.63) is 11.7 Å². The summed E-state index contributed by atoms with van der Waals surface area (Å²) in [5.41, 5.74) is 0. The largest absolute Gasteiger partial charge is 0.481 e. The van der Waals surface area contributed by atoms with E-state index in [1.807, 2.05) is 0 Å². The summed E-state index contributed by atoms with van der Waals surface area (Å²) in [5, 5.41) is 24.0. The van der Waals surface area contributed by atoms with Gasteiger partial charge in [-0.25, -0.2) is 0 Å². The van der Waals surface area contributed by atoms with Crippen molar-refractivity contribution in [3.8, 4) is 0 Å². The highest BCUT2D eigenvalue weighted by Gasteiger charge is 2.09. The fraction of sp³-hybridized carbons (Fsp3) is 0.625. The molecule has 1 aromatic rings. The van der Waals surface area contributed by atoms with Gasteiger partial charge < -0.3 is 20.1 Å². The maximum atomic E-state index is 10.2. The molecule has 3 N–H and O–H groups in total. The van der Waals surface area contributed by atoms with E-state index in [2.05, 4.69) is 15.5 Å². The quantitative estimate of drug-likeness (QED) is 0.575. The van der Waals surface area contributed by atoms with Gasteiger partial charge >= 0.3 is 5.97 Å². The summed E-state index contributed by atoms with van der Waals surface area (Å²) in [4.78, 5) is 14.1. The normalized spacial score (nSPS) is 12.7. The highest BCUT2D eigenvalue weighted by Crippen LogP contribution is 1.95. The summed E-state index contributed by atoms with van der Waals surface area (Å²) in [6, 6.07) is 0. The maximum Gasteiger partial charge on any atom is 0.306 e. The van der Waals surface area contributed by atoms with Crippen LogP contribution >= 0.6 is 0 Å². The van der Waals surface area contributed by atoms with E-state index in [1.54, 1.807) is 6.92 Å². The third kappa shape index (κ3) is 4.52. The molecule has 0 aliphatic rings. The summed E-state index contributed by atoms with van der Waals surface area (Å²) in [6.45, 7) is 2.19. The first-order chi connectivity index (χ1) is 7.08. The van der Waals surface area contributed by atoms with Gasteiger partial charge in [0, 0.05) is 6.54 Å². The smallest absolute Gasteiger partial charge is 0.306 e. The number of aliphatic hydroxyl groups is 1. The van der Waals surface area contributed by atoms with Gasteiger partial charge in [0.2, 0.25) is 5.89 Å². The van der Waals surface area contributed by atoms with Gasteiger partial charge in [0.05, 0.1) is 19.1 Å². The molecule has 15 heavy (non-hydrogen) atoms. The molecule has 0 amide bonds. The van der Waals surface area contributed by atoms with Gasteiger partial charge in [-0.05, 0) is 6.92 Å². The van der Waals surface area contributed by atoms with Crippen LogP contribution in [0.5, 0.6) is 0 Å². The third-order valence-electron chi connectivity index (χ3n) is 1.64. The van der Waals surface area contributed by atoms with Gasteiger partial charge in [0.1, 0.15) is 0 Å². The Kier molecular flexibility index (Phi) is 4.19. The fourth-order valence-corrected chi connectivity index (χ4v) is 1.03. The standard InChI is InChI=1S/C8H13N3O4/c1-5-10-7(15-11-5)4-9-3-6(12)2-8(13)14/h6,9,12H,2-4H2,1H3,(H,13,14). The van der Waals surface area contributed by atoms with Crippen LogP contribution in [0.25, 0.3) is 0 Å². The predicted molar refractivity (Wildman–Crippen MR) is 49.0 cm³/mol. The van der Waals surface area contributed by atoms with Crippen molar-refractivity contribution >= 4 is 5.97 Å². The number of aliphatic hydroxyl groups excluding tert-OH is 1. The van der Waals surface area contributed by atoms with Crippen molar-refractivity contribution in [2.75, 3.05) is 6.54 Å². The molecule has 0 aromatic carbocycles. The molecule has 0 aliphatic heterocycles. The monoisotopic (exact) mass is 215 g/mol. The molecule has 7 heteroatoms. The summed E-state index contributed by atoms with van der Waals surface area (Å²) < 4.78 is 4.81. The van der Waals surface area contributed by atoms with Crippen LogP contribution in [-0.4, -0.2) is 39.0 Å². The molecule has 7 nitrogen and oxygen atoms in total. The number of carboxylic acid groups (broad SMARTS) is 1. The molecule has 1 heterocycles. The maximum absolute atomic E-state index is 10.2. The number of nitrogens with one attached hydrogen (secondary N) is 1. The van der Waals surface area contributed by atoms with Crippen LogP contribution in [0.3, 0.4) is 0 Å². The lowest BCUT2D eigenvalue weighted by molar-refractivity contribution is -0.139. The molecule has 0 saturated carbocycles. The van der Waals surface area contributed by atoms with Crippen molar-refractivity contribution in [2.24, 2.45) is 0 Å². The average Bonchev–Trinajstić information content (AvgIpc) is 2.50. The van der Waals surface area contributed by atoms with Crippen molar-refractivity contribution in [2.45, 2.75) is 26.0 Å². The molecule has 1 atom stereocenters. The molecule has 1 rings (SSSR count). The Balaban J connectivity index is 2.18. The summed E-state index contributed by atoms with van der Waals surface area (Å²) >= 11 is 0.